The van der Waals surface area contributed by atoms with Crippen LogP contribution in [0.1, 0.15) is 23.1 Å². The number of likely N-dealkylation sites (N-methyl/N-ethyl adjacent to an activating group) is 1. The van der Waals surface area contributed by atoms with E-state index in [0.29, 0.717) is 12.2 Å². The van der Waals surface area contributed by atoms with Crippen LogP contribution in [0.3, 0.4) is 0 Å². The molecule has 3 rings (SSSR count). The third-order valence-electron chi connectivity index (χ3n) is 4.12. The van der Waals surface area contributed by atoms with Crippen molar-refractivity contribution in [2.45, 2.75) is 19.5 Å². The van der Waals surface area contributed by atoms with Crippen molar-refractivity contribution in [3.05, 3.63) is 89.6 Å². The fourth-order valence-corrected chi connectivity index (χ4v) is 2.89. The fraction of sp³-hybridized carbons (Fsp3) is 0.190. The van der Waals surface area contributed by atoms with Crippen molar-refractivity contribution in [3.63, 3.8) is 0 Å². The Hall–Kier alpha value is -2.92. The molecule has 0 aliphatic carbocycles. The molecular weight excluding hydrogens is 331 g/mol. The van der Waals surface area contributed by atoms with Gasteiger partial charge in [-0.05, 0) is 55.9 Å². The number of carbonyl (C=O) groups excluding carboxylic acids is 1. The van der Waals surface area contributed by atoms with Crippen LogP contribution in [-0.2, 0) is 11.3 Å². The highest BCUT2D eigenvalue weighted by Gasteiger charge is 2.26. The van der Waals surface area contributed by atoms with Crippen LogP contribution in [-0.4, -0.2) is 17.9 Å². The molecule has 1 N–H and O–H groups in total. The van der Waals surface area contributed by atoms with Gasteiger partial charge in [0.15, 0.2) is 0 Å². The number of hydrogen-bond donors (Lipinski definition) is 1. The lowest BCUT2D eigenvalue weighted by Crippen LogP contribution is -2.34. The van der Waals surface area contributed by atoms with Crippen LogP contribution in [0, 0.1) is 12.7 Å². The summed E-state index contributed by atoms with van der Waals surface area (Å²) in [4.78, 5) is 14.9. The van der Waals surface area contributed by atoms with Gasteiger partial charge in [-0.1, -0.05) is 30.3 Å². The average Bonchev–Trinajstić information content (AvgIpc) is 3.03. The van der Waals surface area contributed by atoms with Gasteiger partial charge in [0, 0.05) is 5.69 Å². The second-order valence-corrected chi connectivity index (χ2v) is 6.24. The summed E-state index contributed by atoms with van der Waals surface area (Å²) in [6, 6.07) is 18.6. The molecule has 4 nitrogen and oxygen atoms in total. The number of nitrogens with one attached hydrogen (secondary N) is 1. The summed E-state index contributed by atoms with van der Waals surface area (Å²) >= 11 is 0. The first-order chi connectivity index (χ1) is 12.5. The molecule has 1 amide bonds. The van der Waals surface area contributed by atoms with Crippen molar-refractivity contribution < 1.29 is 13.6 Å². The lowest BCUT2D eigenvalue weighted by atomic mass is 10.0. The quantitative estimate of drug-likeness (QED) is 0.708. The standard InChI is InChI=1S/C21H21FN2O2/c1-15-8-13-19(26-15)14-24(2)20(16-6-4-3-5-7-16)21(25)23-18-11-9-17(22)10-12-18/h3-13,20H,14H2,1-2H3,(H,23,25)/t20-/m0/s1. The Bertz CT molecular complexity index is 859. The lowest BCUT2D eigenvalue weighted by Gasteiger charge is -2.27. The summed E-state index contributed by atoms with van der Waals surface area (Å²) in [7, 11) is 1.87. The second-order valence-electron chi connectivity index (χ2n) is 6.24. The highest BCUT2D eigenvalue weighted by Crippen LogP contribution is 2.24. The maximum atomic E-state index is 13.1. The highest BCUT2D eigenvalue weighted by atomic mass is 19.1. The molecule has 1 atom stereocenters. The molecule has 5 heteroatoms. The SMILES string of the molecule is Cc1ccc(CN(C)[C@H](C(=O)Nc2ccc(F)cc2)c2ccccc2)o1. The summed E-state index contributed by atoms with van der Waals surface area (Å²) in [5, 5.41) is 2.86. The Morgan fingerprint density at radius 3 is 2.38 bits per heavy atom. The number of benzene rings is 2. The van der Waals surface area contributed by atoms with Crippen LogP contribution >= 0.6 is 0 Å². The zero-order chi connectivity index (χ0) is 18.5. The summed E-state index contributed by atoms with van der Waals surface area (Å²) in [5.74, 6) is 1.10. The molecule has 0 fully saturated rings. The van der Waals surface area contributed by atoms with E-state index in [2.05, 4.69) is 5.32 Å². The zero-order valence-corrected chi connectivity index (χ0v) is 14.8. The number of aryl methyl sites for hydroxylation is 1. The Labute approximate surface area is 152 Å². The molecule has 1 heterocycles. The minimum atomic E-state index is -0.508. The fourth-order valence-electron chi connectivity index (χ4n) is 2.89. The van der Waals surface area contributed by atoms with E-state index in [9.17, 15) is 9.18 Å². The number of carbonyl (C=O) groups is 1. The van der Waals surface area contributed by atoms with Crippen molar-refractivity contribution in [1.29, 1.82) is 0 Å². The largest absolute Gasteiger partial charge is 0.465 e. The van der Waals surface area contributed by atoms with E-state index in [0.717, 1.165) is 17.1 Å². The first-order valence-corrected chi connectivity index (χ1v) is 8.40. The third-order valence-corrected chi connectivity index (χ3v) is 4.12. The number of halogens is 1. The van der Waals surface area contributed by atoms with E-state index >= 15 is 0 Å². The number of anilines is 1. The predicted molar refractivity (Wildman–Crippen MR) is 99.1 cm³/mol. The van der Waals surface area contributed by atoms with Crippen LogP contribution in [0.4, 0.5) is 10.1 Å². The van der Waals surface area contributed by atoms with Crippen molar-refractivity contribution >= 4 is 11.6 Å². The minimum Gasteiger partial charge on any atom is -0.465 e. The van der Waals surface area contributed by atoms with Gasteiger partial charge in [0.2, 0.25) is 5.91 Å². The lowest BCUT2D eigenvalue weighted by molar-refractivity contribution is -0.121. The van der Waals surface area contributed by atoms with Crippen LogP contribution in [0.2, 0.25) is 0 Å². The van der Waals surface area contributed by atoms with Gasteiger partial charge in [0.1, 0.15) is 23.4 Å². The Morgan fingerprint density at radius 1 is 1.08 bits per heavy atom. The van der Waals surface area contributed by atoms with E-state index in [1.807, 2.05) is 61.3 Å². The van der Waals surface area contributed by atoms with Gasteiger partial charge in [0.25, 0.3) is 0 Å². The number of hydrogen-bond acceptors (Lipinski definition) is 3. The first-order valence-electron chi connectivity index (χ1n) is 8.40. The van der Waals surface area contributed by atoms with E-state index in [4.69, 9.17) is 4.42 Å². The molecular formula is C21H21FN2O2. The van der Waals surface area contributed by atoms with Crippen LogP contribution < -0.4 is 5.32 Å². The molecule has 0 bridgehead atoms. The van der Waals surface area contributed by atoms with Gasteiger partial charge >= 0.3 is 0 Å². The summed E-state index contributed by atoms with van der Waals surface area (Å²) in [5.41, 5.74) is 1.43. The van der Waals surface area contributed by atoms with E-state index in [1.165, 1.54) is 12.1 Å². The maximum absolute atomic E-state index is 13.1. The Kier molecular flexibility index (Phi) is 5.49. The van der Waals surface area contributed by atoms with Gasteiger partial charge in [-0.3, -0.25) is 9.69 Å². The van der Waals surface area contributed by atoms with Gasteiger partial charge in [-0.2, -0.15) is 0 Å². The molecule has 0 saturated carbocycles. The van der Waals surface area contributed by atoms with Gasteiger partial charge in [0.05, 0.1) is 6.54 Å². The molecule has 0 aliphatic rings. The predicted octanol–water partition coefficient (Wildman–Crippen LogP) is 4.54. The minimum absolute atomic E-state index is 0.186. The van der Waals surface area contributed by atoms with Crippen molar-refractivity contribution in [2.24, 2.45) is 0 Å². The van der Waals surface area contributed by atoms with E-state index in [1.54, 1.807) is 12.1 Å². The van der Waals surface area contributed by atoms with Gasteiger partial charge in [-0.25, -0.2) is 4.39 Å². The summed E-state index contributed by atoms with van der Waals surface area (Å²) in [6.07, 6.45) is 0. The van der Waals surface area contributed by atoms with Crippen LogP contribution in [0.15, 0.2) is 71.1 Å². The Balaban J connectivity index is 1.82. The molecule has 0 saturated heterocycles. The van der Waals surface area contributed by atoms with Crippen molar-refractivity contribution in [1.82, 2.24) is 4.90 Å². The maximum Gasteiger partial charge on any atom is 0.246 e. The summed E-state index contributed by atoms with van der Waals surface area (Å²) < 4.78 is 18.7. The molecule has 1 aromatic heterocycles. The topological polar surface area (TPSA) is 45.5 Å². The van der Waals surface area contributed by atoms with E-state index < -0.39 is 6.04 Å². The molecule has 0 aliphatic heterocycles. The van der Waals surface area contributed by atoms with Crippen LogP contribution in [0.25, 0.3) is 0 Å². The van der Waals surface area contributed by atoms with E-state index in [-0.39, 0.29) is 11.7 Å². The number of nitrogens with zero attached hydrogens (tertiary/aromatic N) is 1. The monoisotopic (exact) mass is 352 g/mol. The van der Waals surface area contributed by atoms with Crippen LogP contribution in [0.5, 0.6) is 0 Å². The molecule has 3 aromatic rings. The highest BCUT2D eigenvalue weighted by molar-refractivity contribution is 5.95. The summed E-state index contributed by atoms with van der Waals surface area (Å²) in [6.45, 7) is 2.38. The normalized spacial score (nSPS) is 12.2. The molecule has 0 spiro atoms. The number of furan rings is 1. The van der Waals surface area contributed by atoms with Gasteiger partial charge in [-0.15, -0.1) is 0 Å². The number of rotatable bonds is 6. The first kappa shape index (κ1) is 17.9. The third kappa shape index (κ3) is 4.37. The number of amides is 1. The molecule has 26 heavy (non-hydrogen) atoms. The zero-order valence-electron chi connectivity index (χ0n) is 14.8. The molecule has 2 aromatic carbocycles. The second kappa shape index (κ2) is 7.97. The average molecular weight is 352 g/mol. The van der Waals surface area contributed by atoms with Crippen molar-refractivity contribution in [3.8, 4) is 0 Å². The molecule has 0 unspecified atom stereocenters. The molecule has 0 radical (unpaired) electrons. The Morgan fingerprint density at radius 2 is 1.77 bits per heavy atom. The van der Waals surface area contributed by atoms with Crippen molar-refractivity contribution in [2.75, 3.05) is 12.4 Å². The molecule has 134 valence electrons. The smallest absolute Gasteiger partial charge is 0.246 e. The van der Waals surface area contributed by atoms with Gasteiger partial charge < -0.3 is 9.73 Å².